The van der Waals surface area contributed by atoms with Gasteiger partial charge in [0.1, 0.15) is 67.1 Å². The Balaban J connectivity index is 0.000000524. The summed E-state index contributed by atoms with van der Waals surface area (Å²) in [5, 5.41) is 93.4. The minimum absolute atomic E-state index is 0.0101. The molecule has 20 nitrogen and oxygen atoms in total. The van der Waals surface area contributed by atoms with Gasteiger partial charge in [-0.1, -0.05) is 96.8 Å². The molecule has 0 aromatic carbocycles. The van der Waals surface area contributed by atoms with E-state index in [4.69, 9.17) is 47.0 Å². The molecule has 1 aliphatic carbocycles. The van der Waals surface area contributed by atoms with Crippen LogP contribution in [0.25, 0.3) is 0 Å². The molecule has 60 heavy (non-hydrogen) atoms. The molecular weight excluding hydrogens is 790 g/mol. The fourth-order valence-electron chi connectivity index (χ4n) is 7.71. The lowest BCUT2D eigenvalue weighted by molar-refractivity contribution is -0.332. The van der Waals surface area contributed by atoms with Crippen LogP contribution in [0, 0.1) is 0 Å². The number of rotatable bonds is 26. The highest BCUT2D eigenvalue weighted by Crippen LogP contribution is 2.32. The van der Waals surface area contributed by atoms with Crippen LogP contribution < -0.4 is 28.3 Å². The molecule has 354 valence electrons. The molecule has 20 heteroatoms. The number of amides is 1. The van der Waals surface area contributed by atoms with Crippen molar-refractivity contribution < 1.29 is 74.5 Å². The minimum Gasteiger partial charge on any atom is -0.481 e. The molecule has 0 aromatic rings. The van der Waals surface area contributed by atoms with Crippen LogP contribution in [0.3, 0.4) is 0 Å². The zero-order valence-electron chi connectivity index (χ0n) is 35.4. The molecule has 2 aliphatic heterocycles. The van der Waals surface area contributed by atoms with E-state index < -0.39 is 116 Å². The maximum Gasteiger partial charge on any atom is 0.303 e. The van der Waals surface area contributed by atoms with E-state index in [1.165, 1.54) is 83.5 Å². The van der Waals surface area contributed by atoms with Gasteiger partial charge in [-0.2, -0.15) is 0 Å². The van der Waals surface area contributed by atoms with Crippen molar-refractivity contribution in [3.05, 3.63) is 0 Å². The highest BCUT2D eigenvalue weighted by Gasteiger charge is 2.52. The van der Waals surface area contributed by atoms with Gasteiger partial charge < -0.3 is 93.2 Å². The molecule has 16 atom stereocenters. The summed E-state index contributed by atoms with van der Waals surface area (Å²) in [6.45, 7) is 1.37. The second kappa shape index (κ2) is 29.6. The molecule has 18 N–H and O–H groups in total. The molecule has 0 bridgehead atoms. The molecular formula is C40H79N5O15. The number of unbranched alkanes of at least 4 members (excludes halogenated alkanes) is 14. The molecule has 0 spiro atoms. The highest BCUT2D eigenvalue weighted by molar-refractivity contribution is 5.80. The maximum atomic E-state index is 12.6. The summed E-state index contributed by atoms with van der Waals surface area (Å²) >= 11 is 0. The molecule has 2 saturated heterocycles. The van der Waals surface area contributed by atoms with Crippen LogP contribution in [-0.4, -0.2) is 175 Å². The van der Waals surface area contributed by atoms with Gasteiger partial charge in [0.2, 0.25) is 5.91 Å². The number of ether oxygens (including phenoxy) is 4. The van der Waals surface area contributed by atoms with Crippen molar-refractivity contribution in [3.63, 3.8) is 0 Å². The van der Waals surface area contributed by atoms with Crippen LogP contribution >= 0.6 is 0 Å². The van der Waals surface area contributed by atoms with Crippen molar-refractivity contribution in [2.24, 2.45) is 22.9 Å². The monoisotopic (exact) mass is 870 g/mol. The molecule has 1 amide bonds. The van der Waals surface area contributed by atoms with Gasteiger partial charge in [0.25, 0.3) is 0 Å². The van der Waals surface area contributed by atoms with Crippen LogP contribution in [0.2, 0.25) is 0 Å². The first kappa shape index (κ1) is 54.4. The Morgan fingerprint density at radius 1 is 0.683 bits per heavy atom. The van der Waals surface area contributed by atoms with Gasteiger partial charge in [-0.25, -0.2) is 0 Å². The van der Waals surface area contributed by atoms with Crippen molar-refractivity contribution in [2.75, 3.05) is 19.7 Å². The van der Waals surface area contributed by atoms with Crippen LogP contribution in [0.4, 0.5) is 0 Å². The average Bonchev–Trinajstić information content (AvgIpc) is 3.22. The van der Waals surface area contributed by atoms with E-state index in [0.717, 1.165) is 12.8 Å². The van der Waals surface area contributed by atoms with Gasteiger partial charge in [0.15, 0.2) is 12.6 Å². The quantitative estimate of drug-likeness (QED) is 0.0414. The lowest BCUT2D eigenvalue weighted by Crippen LogP contribution is -2.69. The van der Waals surface area contributed by atoms with Gasteiger partial charge in [-0.3, -0.25) is 9.59 Å². The van der Waals surface area contributed by atoms with Gasteiger partial charge in [-0.15, -0.1) is 0 Å². The summed E-state index contributed by atoms with van der Waals surface area (Å²) in [6.07, 6.45) is 0.380. The number of carbonyl (C=O) groups is 2. The summed E-state index contributed by atoms with van der Waals surface area (Å²) < 4.78 is 22.5. The summed E-state index contributed by atoms with van der Waals surface area (Å²) in [5.41, 5.74) is 23.1. The molecule has 0 aromatic heterocycles. The third-order valence-corrected chi connectivity index (χ3v) is 11.5. The fraction of sp³-hybridized carbons (Fsp3) is 0.950. The van der Waals surface area contributed by atoms with E-state index in [1.807, 2.05) is 0 Å². The van der Waals surface area contributed by atoms with Crippen molar-refractivity contribution in [1.82, 2.24) is 5.32 Å². The number of aliphatic carboxylic acids is 1. The standard InChI is InChI=1S/C22H43N5O13.C18H36O2/c23-2-1-8(29)20(36)27-7-3-6(25)18(39-22-16(34)15(33)13(31)9(4-24)37-22)17(35)19(7)40-21-14(32)11(26)12(30)10(5-28)38-21;1-2-3-4-5-6-7-8-9-10-11-12-13-14-15-16-17-18(19)20/h6-19,21-22,28-35H,1-5,23-26H2,(H,27,36);2-17H2,1H3,(H,19,20)/t6-,7+,8-,9+,10+,11-,12+,13+,14+,15-,16+,17-,18+,19-,21+,22+;/m0./s1. The topological polar surface area (TPSA) is 369 Å². The van der Waals surface area contributed by atoms with Crippen molar-refractivity contribution in [1.29, 1.82) is 0 Å². The van der Waals surface area contributed by atoms with E-state index in [0.29, 0.717) is 6.42 Å². The Morgan fingerprint density at radius 2 is 1.18 bits per heavy atom. The van der Waals surface area contributed by atoms with Gasteiger partial charge in [0.05, 0.1) is 18.7 Å². The van der Waals surface area contributed by atoms with E-state index in [-0.39, 0.29) is 25.9 Å². The Bertz CT molecular complexity index is 1160. The van der Waals surface area contributed by atoms with Crippen molar-refractivity contribution >= 4 is 11.9 Å². The zero-order chi connectivity index (χ0) is 44.8. The Labute approximate surface area is 354 Å². The van der Waals surface area contributed by atoms with Crippen molar-refractivity contribution in [3.8, 4) is 0 Å². The maximum absolute atomic E-state index is 12.6. The average molecular weight is 870 g/mol. The van der Waals surface area contributed by atoms with Gasteiger partial charge in [-0.05, 0) is 25.8 Å². The lowest BCUT2D eigenvalue weighted by atomic mass is 9.83. The molecule has 3 aliphatic rings. The minimum atomic E-state index is -1.76. The van der Waals surface area contributed by atoms with Gasteiger partial charge >= 0.3 is 5.97 Å². The third kappa shape index (κ3) is 17.8. The number of nitrogens with two attached hydrogens (primary N) is 4. The molecule has 0 radical (unpaired) electrons. The highest BCUT2D eigenvalue weighted by atomic mass is 16.7. The molecule has 0 unspecified atom stereocenters. The summed E-state index contributed by atoms with van der Waals surface area (Å²) in [6, 6.07) is -3.45. The summed E-state index contributed by atoms with van der Waals surface area (Å²) in [4.78, 5) is 22.9. The number of hydrogen-bond acceptors (Lipinski definition) is 18. The number of hydrogen-bond donors (Lipinski definition) is 14. The van der Waals surface area contributed by atoms with E-state index in [2.05, 4.69) is 12.2 Å². The second-order valence-corrected chi connectivity index (χ2v) is 16.4. The van der Waals surface area contributed by atoms with Crippen LogP contribution in [0.15, 0.2) is 0 Å². The van der Waals surface area contributed by atoms with Gasteiger partial charge in [0, 0.05) is 19.0 Å². The number of carboxylic acids is 1. The zero-order valence-corrected chi connectivity index (χ0v) is 35.4. The Morgan fingerprint density at radius 3 is 1.68 bits per heavy atom. The predicted molar refractivity (Wildman–Crippen MR) is 219 cm³/mol. The fourth-order valence-corrected chi connectivity index (χ4v) is 7.71. The first-order chi connectivity index (χ1) is 28.6. The van der Waals surface area contributed by atoms with E-state index in [9.17, 15) is 50.4 Å². The lowest BCUT2D eigenvalue weighted by Gasteiger charge is -2.49. The van der Waals surface area contributed by atoms with Crippen LogP contribution in [0.1, 0.15) is 122 Å². The number of carboxylic acid groups (broad SMARTS) is 1. The Kier molecular flexibility index (Phi) is 26.9. The van der Waals surface area contributed by atoms with E-state index in [1.54, 1.807) is 0 Å². The normalized spacial score (nSPS) is 35.0. The SMILES string of the molecule is CCCCCCCCCCCCCCCCCC(=O)O.NCC[C@H](O)C(=O)N[C@@H]1C[C@H](N)[C@@H](O[C@H]2O[C@H](CN)[C@@H](O)[C@H](O)[C@H]2O)[C@H](O)[C@H]1O[C@H]1O[C@H](CO)[C@@H](O)[C@H](N)[C@H]1O. The number of aliphatic hydroxyl groups excluding tert-OH is 8. The third-order valence-electron chi connectivity index (χ3n) is 11.5. The largest absolute Gasteiger partial charge is 0.481 e. The summed E-state index contributed by atoms with van der Waals surface area (Å²) in [5.74, 6) is -1.50. The Hall–Kier alpha value is -1.70. The number of aliphatic hydroxyl groups is 8. The van der Waals surface area contributed by atoms with Crippen LogP contribution in [-0.2, 0) is 28.5 Å². The smallest absolute Gasteiger partial charge is 0.303 e. The number of nitrogens with one attached hydrogen (secondary N) is 1. The molecule has 3 rings (SSSR count). The summed E-state index contributed by atoms with van der Waals surface area (Å²) in [7, 11) is 0. The number of carbonyl (C=O) groups excluding carboxylic acids is 1. The molecule has 3 fully saturated rings. The first-order valence-electron chi connectivity index (χ1n) is 22.1. The second-order valence-electron chi connectivity index (χ2n) is 16.4. The molecule has 2 heterocycles. The molecule has 1 saturated carbocycles. The van der Waals surface area contributed by atoms with E-state index >= 15 is 0 Å². The van der Waals surface area contributed by atoms with Crippen molar-refractivity contribution in [2.45, 2.75) is 220 Å². The first-order valence-corrected chi connectivity index (χ1v) is 22.1. The predicted octanol–water partition coefficient (Wildman–Crippen LogP) is -2.09. The van der Waals surface area contributed by atoms with Crippen LogP contribution in [0.5, 0.6) is 0 Å².